The Labute approximate surface area is 124 Å². The third-order valence-corrected chi connectivity index (χ3v) is 3.75. The van der Waals surface area contributed by atoms with E-state index in [0.29, 0.717) is 5.56 Å². The lowest BCUT2D eigenvalue weighted by molar-refractivity contribution is 0.0820. The molecular weight excluding hydrogens is 264 g/mol. The normalized spacial score (nSPS) is 19.5. The molecule has 0 saturated carbocycles. The average molecular weight is 284 g/mol. The summed E-state index contributed by atoms with van der Waals surface area (Å²) in [5.41, 5.74) is 7.39. The second-order valence-corrected chi connectivity index (χ2v) is 5.45. The molecule has 3 N–H and O–H groups in total. The molecule has 1 aliphatic rings. The summed E-state index contributed by atoms with van der Waals surface area (Å²) in [4.78, 5) is 6.93. The number of nitrogens with one attached hydrogen (secondary N) is 1. The Hall–Kier alpha value is -2.14. The topological polar surface area (TPSA) is 75.2 Å². The van der Waals surface area contributed by atoms with Gasteiger partial charge in [-0.25, -0.2) is 4.98 Å². The molecule has 1 saturated heterocycles. The number of para-hydroxylation sites is 1. The Morgan fingerprint density at radius 1 is 1.43 bits per heavy atom. The number of nitrogen functional groups attached to an aromatic ring is 1. The maximum atomic E-state index is 7.85. The smallest absolute Gasteiger partial charge is 0.140 e. The van der Waals surface area contributed by atoms with Crippen molar-refractivity contribution in [1.82, 2.24) is 4.98 Å². The van der Waals surface area contributed by atoms with Crippen LogP contribution in [0.3, 0.4) is 0 Å². The van der Waals surface area contributed by atoms with Gasteiger partial charge in [0, 0.05) is 25.1 Å². The zero-order valence-corrected chi connectivity index (χ0v) is 12.2. The van der Waals surface area contributed by atoms with Gasteiger partial charge < -0.3 is 15.4 Å². The lowest BCUT2D eigenvalue weighted by atomic mass is 10.1. The minimum atomic E-state index is 0.0565. The first kappa shape index (κ1) is 13.8. The van der Waals surface area contributed by atoms with Gasteiger partial charge in [-0.2, -0.15) is 0 Å². The highest BCUT2D eigenvalue weighted by Gasteiger charge is 2.20. The predicted molar refractivity (Wildman–Crippen MR) is 85.0 cm³/mol. The highest BCUT2D eigenvalue weighted by atomic mass is 16.5. The van der Waals surface area contributed by atoms with Gasteiger partial charge in [0.25, 0.3) is 0 Å². The molecule has 0 aliphatic carbocycles. The Bertz CT molecular complexity index is 670. The molecule has 2 heterocycles. The fourth-order valence-electron chi connectivity index (χ4n) is 2.73. The van der Waals surface area contributed by atoms with Crippen LogP contribution in [-0.4, -0.2) is 36.6 Å². The van der Waals surface area contributed by atoms with Gasteiger partial charge in [-0.3, -0.25) is 5.41 Å². The summed E-state index contributed by atoms with van der Waals surface area (Å²) in [5, 5.41) is 8.86. The van der Waals surface area contributed by atoms with Gasteiger partial charge in [-0.05, 0) is 25.5 Å². The number of benzene rings is 1. The predicted octanol–water partition coefficient (Wildman–Crippen LogP) is 2.13. The summed E-state index contributed by atoms with van der Waals surface area (Å²) in [6.45, 7) is 4.47. The Balaban J connectivity index is 2.10. The van der Waals surface area contributed by atoms with E-state index in [4.69, 9.17) is 20.9 Å². The highest BCUT2D eigenvalue weighted by Crippen LogP contribution is 2.25. The summed E-state index contributed by atoms with van der Waals surface area (Å²) in [6, 6.07) is 9.87. The first-order valence-electron chi connectivity index (χ1n) is 7.26. The standard InChI is InChI=1S/C16H20N4O/c1-11-10-20(7-4-8-21-11)16-13(15(17)18)9-12-5-2-3-6-14(12)19-16/h2-3,5-6,9,11H,4,7-8,10H2,1H3,(H3,17,18). The van der Waals surface area contributed by atoms with E-state index in [1.54, 1.807) is 0 Å². The first-order valence-corrected chi connectivity index (χ1v) is 7.26. The number of hydrogen-bond acceptors (Lipinski definition) is 4. The van der Waals surface area contributed by atoms with Crippen LogP contribution in [0.25, 0.3) is 10.9 Å². The molecule has 110 valence electrons. The van der Waals surface area contributed by atoms with Crippen LogP contribution < -0.4 is 10.6 Å². The third-order valence-electron chi connectivity index (χ3n) is 3.75. The van der Waals surface area contributed by atoms with Crippen LogP contribution in [0.4, 0.5) is 5.82 Å². The van der Waals surface area contributed by atoms with Gasteiger partial charge in [-0.15, -0.1) is 0 Å². The zero-order chi connectivity index (χ0) is 14.8. The van der Waals surface area contributed by atoms with Crippen molar-refractivity contribution in [1.29, 1.82) is 5.41 Å². The number of aromatic nitrogens is 1. The number of amidine groups is 1. The Morgan fingerprint density at radius 3 is 3.05 bits per heavy atom. The Morgan fingerprint density at radius 2 is 2.24 bits per heavy atom. The van der Waals surface area contributed by atoms with E-state index in [1.165, 1.54) is 0 Å². The second-order valence-electron chi connectivity index (χ2n) is 5.45. The van der Waals surface area contributed by atoms with E-state index in [1.807, 2.05) is 30.3 Å². The van der Waals surface area contributed by atoms with E-state index in [9.17, 15) is 0 Å². The van der Waals surface area contributed by atoms with E-state index < -0.39 is 0 Å². The molecule has 5 nitrogen and oxygen atoms in total. The van der Waals surface area contributed by atoms with Gasteiger partial charge in [0.15, 0.2) is 0 Å². The van der Waals surface area contributed by atoms with Gasteiger partial charge in [-0.1, -0.05) is 18.2 Å². The molecule has 0 spiro atoms. The molecule has 1 atom stereocenters. The van der Waals surface area contributed by atoms with Gasteiger partial charge in [0.2, 0.25) is 0 Å². The van der Waals surface area contributed by atoms with Crippen molar-refractivity contribution >= 4 is 22.6 Å². The third kappa shape index (κ3) is 2.83. The zero-order valence-electron chi connectivity index (χ0n) is 12.2. The maximum absolute atomic E-state index is 7.85. The molecule has 0 radical (unpaired) electrons. The number of fused-ring (bicyclic) bond motifs is 1. The van der Waals surface area contributed by atoms with Crippen LogP contribution in [-0.2, 0) is 4.74 Å². The van der Waals surface area contributed by atoms with Crippen molar-refractivity contribution in [2.24, 2.45) is 5.73 Å². The van der Waals surface area contributed by atoms with Crippen molar-refractivity contribution in [3.8, 4) is 0 Å². The van der Waals surface area contributed by atoms with Crippen LogP contribution in [0.15, 0.2) is 30.3 Å². The molecule has 1 aliphatic heterocycles. The molecule has 1 unspecified atom stereocenters. The van der Waals surface area contributed by atoms with Crippen LogP contribution in [0, 0.1) is 5.41 Å². The van der Waals surface area contributed by atoms with Crippen LogP contribution in [0.5, 0.6) is 0 Å². The molecule has 5 heteroatoms. The van der Waals surface area contributed by atoms with Gasteiger partial charge in [0.1, 0.15) is 11.7 Å². The summed E-state index contributed by atoms with van der Waals surface area (Å²) in [5.74, 6) is 0.847. The summed E-state index contributed by atoms with van der Waals surface area (Å²) >= 11 is 0. The van der Waals surface area contributed by atoms with E-state index >= 15 is 0 Å². The van der Waals surface area contributed by atoms with E-state index in [-0.39, 0.29) is 11.9 Å². The quantitative estimate of drug-likeness (QED) is 0.654. The van der Waals surface area contributed by atoms with Crippen molar-refractivity contribution < 1.29 is 4.74 Å². The number of rotatable bonds is 2. The fraction of sp³-hybridized carbons (Fsp3) is 0.375. The molecule has 0 bridgehead atoms. The van der Waals surface area contributed by atoms with Crippen LogP contribution in [0.2, 0.25) is 0 Å². The average Bonchev–Trinajstić information content (AvgIpc) is 2.70. The van der Waals surface area contributed by atoms with Crippen molar-refractivity contribution in [3.63, 3.8) is 0 Å². The first-order chi connectivity index (χ1) is 10.1. The maximum Gasteiger partial charge on any atom is 0.140 e. The Kier molecular flexibility index (Phi) is 3.75. The summed E-state index contributed by atoms with van der Waals surface area (Å²) < 4.78 is 5.69. The number of pyridine rings is 1. The molecule has 3 rings (SSSR count). The minimum absolute atomic E-state index is 0.0565. The van der Waals surface area contributed by atoms with Gasteiger partial charge >= 0.3 is 0 Å². The number of nitrogens with zero attached hydrogens (tertiary/aromatic N) is 2. The van der Waals surface area contributed by atoms with Crippen LogP contribution >= 0.6 is 0 Å². The fourth-order valence-corrected chi connectivity index (χ4v) is 2.73. The van der Waals surface area contributed by atoms with Gasteiger partial charge in [0.05, 0.1) is 17.2 Å². The summed E-state index contributed by atoms with van der Waals surface area (Å²) in [6.07, 6.45) is 1.11. The van der Waals surface area contributed by atoms with Crippen molar-refractivity contribution in [2.45, 2.75) is 19.4 Å². The molecule has 0 amide bonds. The number of ether oxygens (including phenoxy) is 1. The number of nitrogens with two attached hydrogens (primary N) is 1. The molecule has 1 aromatic carbocycles. The monoisotopic (exact) mass is 284 g/mol. The van der Waals surface area contributed by atoms with E-state index in [2.05, 4.69) is 11.8 Å². The van der Waals surface area contributed by atoms with E-state index in [0.717, 1.165) is 42.8 Å². The van der Waals surface area contributed by atoms with Crippen LogP contribution in [0.1, 0.15) is 18.9 Å². The lowest BCUT2D eigenvalue weighted by Gasteiger charge is -2.25. The molecule has 21 heavy (non-hydrogen) atoms. The largest absolute Gasteiger partial charge is 0.384 e. The second kappa shape index (κ2) is 5.69. The summed E-state index contributed by atoms with van der Waals surface area (Å²) in [7, 11) is 0. The lowest BCUT2D eigenvalue weighted by Crippen LogP contribution is -2.33. The molecular formula is C16H20N4O. The molecule has 1 aromatic heterocycles. The number of hydrogen-bond donors (Lipinski definition) is 2. The molecule has 2 aromatic rings. The highest BCUT2D eigenvalue weighted by molar-refractivity contribution is 6.03. The SMILES string of the molecule is CC1CN(c2nc3ccccc3cc2C(=N)N)CCCO1. The minimum Gasteiger partial charge on any atom is -0.384 e. The van der Waals surface area contributed by atoms with Crippen molar-refractivity contribution in [3.05, 3.63) is 35.9 Å². The number of anilines is 1. The molecule has 1 fully saturated rings. The van der Waals surface area contributed by atoms with Crippen molar-refractivity contribution in [2.75, 3.05) is 24.6 Å².